The van der Waals surface area contributed by atoms with Gasteiger partial charge in [-0.25, -0.2) is 0 Å². The van der Waals surface area contributed by atoms with Crippen LogP contribution in [0.4, 0.5) is 0 Å². The molecule has 0 N–H and O–H groups in total. The van der Waals surface area contributed by atoms with Crippen molar-refractivity contribution >= 4 is 45.2 Å². The van der Waals surface area contributed by atoms with Gasteiger partial charge < -0.3 is 34.4 Å². The Morgan fingerprint density at radius 3 is 1.59 bits per heavy atom. The molecule has 2 aromatic carbocycles. The summed E-state index contributed by atoms with van der Waals surface area (Å²) in [4.78, 5) is 28.3. The van der Waals surface area contributed by atoms with Gasteiger partial charge in [-0.15, -0.1) is 5.73 Å². The predicted molar refractivity (Wildman–Crippen MR) is 115 cm³/mol. The zero-order valence-electron chi connectivity index (χ0n) is 17.9. The minimum atomic E-state index is -1.14. The maximum atomic E-state index is 10.5. The second kappa shape index (κ2) is 18.6. The summed E-state index contributed by atoms with van der Waals surface area (Å²) in [7, 11) is 1.65. The Kier molecular flexibility index (Phi) is 18.0. The first-order valence-electron chi connectivity index (χ1n) is 8.89. The van der Waals surface area contributed by atoms with Crippen LogP contribution in [0, 0.1) is 6.42 Å². The van der Waals surface area contributed by atoms with Crippen molar-refractivity contribution in [3.63, 3.8) is 0 Å². The van der Waals surface area contributed by atoms with E-state index in [0.717, 1.165) is 30.7 Å². The van der Waals surface area contributed by atoms with Crippen LogP contribution in [0.2, 0.25) is 0 Å². The van der Waals surface area contributed by atoms with Gasteiger partial charge in [0, 0.05) is 39.2 Å². The normalized spacial score (nSPS) is 10.2. The summed E-state index contributed by atoms with van der Waals surface area (Å²) in [6.07, 6.45) is 7.36. The molecular weight excluding hydrogens is 607 g/mol. The number of hydrogen-bond acceptors (Lipinski definition) is 7. The van der Waals surface area contributed by atoms with Crippen LogP contribution in [0.3, 0.4) is 0 Å². The zero-order valence-corrected chi connectivity index (χ0v) is 21.8. The second-order valence-corrected chi connectivity index (χ2v) is 5.65. The summed E-state index contributed by atoms with van der Waals surface area (Å²) < 4.78 is 4.89. The van der Waals surface area contributed by atoms with Crippen molar-refractivity contribution in [2.75, 3.05) is 7.11 Å². The molecule has 0 fully saturated rings. The van der Waals surface area contributed by atoms with E-state index in [1.807, 2.05) is 55.0 Å². The van der Waals surface area contributed by atoms with Crippen molar-refractivity contribution in [1.29, 1.82) is 0 Å². The molecule has 0 unspecified atom stereocenters. The largest absolute Gasteiger partial charge is 0.550 e. The van der Waals surface area contributed by atoms with Gasteiger partial charge in [-0.05, 0) is 48.8 Å². The van der Waals surface area contributed by atoms with Crippen molar-refractivity contribution in [1.82, 2.24) is 0 Å². The van der Waals surface area contributed by atoms with Crippen LogP contribution in [-0.2, 0) is 14.3 Å². The fourth-order valence-corrected chi connectivity index (χ4v) is 1.94. The number of allylic oxidation sites excluding steroid dienone is 2. The topological polar surface area (TPSA) is 130 Å². The van der Waals surface area contributed by atoms with E-state index >= 15 is 0 Å². The van der Waals surface area contributed by atoms with Gasteiger partial charge in [-0.2, -0.15) is 0 Å². The summed E-state index contributed by atoms with van der Waals surface area (Å²) in [6, 6.07) is 16.5. The first kappa shape index (κ1) is 31.0. The number of hydrogen-bond donors (Lipinski definition) is 0. The molecule has 1 aliphatic rings. The van der Waals surface area contributed by atoms with Crippen LogP contribution in [0.25, 0.3) is 11.1 Å². The Morgan fingerprint density at radius 2 is 1.25 bits per heavy atom. The molecule has 0 aromatic heterocycles. The van der Waals surface area contributed by atoms with Crippen molar-refractivity contribution < 1.29 is 34.4 Å². The Balaban J connectivity index is 0. The Morgan fingerprint density at radius 1 is 0.781 bits per heavy atom. The minimum Gasteiger partial charge on any atom is -0.550 e. The number of aliphatic carboxylic acids is 2. The Bertz CT molecular complexity index is 907. The molecule has 7 nitrogen and oxygen atoms in total. The van der Waals surface area contributed by atoms with Crippen LogP contribution in [0.15, 0.2) is 84.3 Å². The smallest absolute Gasteiger partial charge is 0.105 e. The third-order valence-corrected chi connectivity index (χ3v) is 3.15. The van der Waals surface area contributed by atoms with Crippen LogP contribution in [0.1, 0.15) is 24.2 Å². The van der Waals surface area contributed by atoms with E-state index < -0.39 is 17.9 Å². The molecule has 32 heavy (non-hydrogen) atoms. The number of methoxy groups -OCH3 is 1. The summed E-state index contributed by atoms with van der Waals surface area (Å²) in [6.45, 7) is 1.94. The van der Waals surface area contributed by atoms with E-state index in [2.05, 4.69) is 5.73 Å². The molecule has 0 saturated heterocycles. The first-order chi connectivity index (χ1) is 14.7. The Hall–Kier alpha value is -3.17. The molecule has 167 valence electrons. The minimum absolute atomic E-state index is 0. The van der Waals surface area contributed by atoms with E-state index in [-0.39, 0.29) is 32.9 Å². The van der Waals surface area contributed by atoms with Crippen LogP contribution in [-0.4, -0.2) is 52.3 Å². The molecule has 0 saturated carbocycles. The third kappa shape index (κ3) is 16.6. The summed E-state index contributed by atoms with van der Waals surface area (Å²) in [5.74, 6) is -2.43. The molecule has 0 amide bonds. The standard InChI is InChI=1S/C13H10O2.C7H7O.2C2H4O2.Pb/c14-13(15)12-8-6-11(7-9-12)10-4-2-1-3-5-10;1-8-7-5-3-2-4-6-7;2*1-2(3)4;/h1-9H,(H,14,15);3-6H,1H3;2*1H3,(H,3,4);/p-3. The Labute approximate surface area is 207 Å². The molecular formula is C24H22O7Pb-3. The van der Waals surface area contributed by atoms with Crippen molar-refractivity contribution in [3.05, 3.63) is 96.3 Å². The molecule has 0 atom stereocenters. The van der Waals surface area contributed by atoms with Gasteiger partial charge in [0.1, 0.15) is 5.76 Å². The van der Waals surface area contributed by atoms with Gasteiger partial charge in [-0.1, -0.05) is 54.6 Å². The third-order valence-electron chi connectivity index (χ3n) is 3.15. The zero-order chi connectivity index (χ0) is 23.6. The van der Waals surface area contributed by atoms with Gasteiger partial charge in [0.05, 0.1) is 19.5 Å². The van der Waals surface area contributed by atoms with Crippen molar-refractivity contribution in [3.8, 4) is 11.1 Å². The number of carbonyl (C=O) groups excluding carboxylic acids is 3. The molecule has 0 heterocycles. The van der Waals surface area contributed by atoms with Gasteiger partial charge in [0.2, 0.25) is 0 Å². The molecule has 0 aliphatic heterocycles. The SMILES string of the molecule is CC(=O)[O-].CC(=O)[O-].COC1=CC=C=C[CH]1.O=C([O-])c1ccc(-c2ccccc2)cc1.[Pb]. The van der Waals surface area contributed by atoms with E-state index in [9.17, 15) is 9.90 Å². The van der Waals surface area contributed by atoms with Gasteiger partial charge >= 0.3 is 0 Å². The maximum Gasteiger partial charge on any atom is 0.105 e. The molecule has 5 radical (unpaired) electrons. The quantitative estimate of drug-likeness (QED) is 0.353. The van der Waals surface area contributed by atoms with Gasteiger partial charge in [0.15, 0.2) is 0 Å². The number of rotatable bonds is 3. The molecule has 1 aliphatic carbocycles. The van der Waals surface area contributed by atoms with E-state index in [1.54, 1.807) is 31.4 Å². The average Bonchev–Trinajstić information content (AvgIpc) is 2.75. The van der Waals surface area contributed by atoms with Crippen molar-refractivity contribution in [2.45, 2.75) is 13.8 Å². The number of carboxylic acids is 3. The number of aromatic carboxylic acids is 1. The summed E-state index contributed by atoms with van der Waals surface area (Å²) in [5, 5.41) is 28.3. The monoisotopic (exact) mass is 630 g/mol. The van der Waals surface area contributed by atoms with Crippen LogP contribution in [0.5, 0.6) is 0 Å². The number of carboxylic acid groups (broad SMARTS) is 3. The summed E-state index contributed by atoms with van der Waals surface area (Å²) >= 11 is 0. The number of carbonyl (C=O) groups is 3. The van der Waals surface area contributed by atoms with E-state index in [0.29, 0.717) is 0 Å². The molecule has 0 bridgehead atoms. The molecule has 0 spiro atoms. The fourth-order valence-electron chi connectivity index (χ4n) is 1.94. The second-order valence-electron chi connectivity index (χ2n) is 5.65. The fraction of sp³-hybridized carbons (Fsp3) is 0.125. The molecule has 2 aromatic rings. The number of benzene rings is 2. The maximum absolute atomic E-state index is 10.5. The number of ether oxygens (including phenoxy) is 1. The van der Waals surface area contributed by atoms with Crippen molar-refractivity contribution in [2.24, 2.45) is 0 Å². The van der Waals surface area contributed by atoms with E-state index in [1.165, 1.54) is 0 Å². The van der Waals surface area contributed by atoms with Gasteiger partial charge in [0.25, 0.3) is 0 Å². The summed E-state index contributed by atoms with van der Waals surface area (Å²) in [5.41, 5.74) is 5.16. The first-order valence-corrected chi connectivity index (χ1v) is 8.89. The van der Waals surface area contributed by atoms with Crippen LogP contribution < -0.4 is 15.3 Å². The predicted octanol–water partition coefficient (Wildman–Crippen LogP) is 0.295. The van der Waals surface area contributed by atoms with Crippen LogP contribution >= 0.6 is 0 Å². The van der Waals surface area contributed by atoms with E-state index in [4.69, 9.17) is 24.5 Å². The molecule has 3 rings (SSSR count). The average molecular weight is 630 g/mol. The molecule has 8 heteroatoms. The van der Waals surface area contributed by atoms with Gasteiger partial charge in [-0.3, -0.25) is 0 Å².